The third-order valence-corrected chi connectivity index (χ3v) is 2.56. The molecule has 0 saturated heterocycles. The number of primary sulfonamides is 1. The molecule has 0 aliphatic heterocycles. The normalized spacial score (nSPS) is 11.2. The van der Waals surface area contributed by atoms with Gasteiger partial charge in [-0.1, -0.05) is 18.2 Å². The van der Waals surface area contributed by atoms with Gasteiger partial charge in [-0.15, -0.1) is 6.58 Å². The third-order valence-electron chi connectivity index (χ3n) is 1.63. The van der Waals surface area contributed by atoms with Gasteiger partial charge in [-0.25, -0.2) is 13.6 Å². The number of hydrogen-bond donors (Lipinski definition) is 1. The first-order valence-electron chi connectivity index (χ1n) is 3.76. The molecule has 13 heavy (non-hydrogen) atoms. The summed E-state index contributed by atoms with van der Waals surface area (Å²) in [6.07, 6.45) is 2.48. The highest BCUT2D eigenvalue weighted by Gasteiger charge is 2.05. The van der Waals surface area contributed by atoms with Crippen LogP contribution in [0.4, 0.5) is 0 Å². The standard InChI is InChI=1S/C9H11NO2S/c1-2-3-8-4-6-9(7-5-8)13(10,11)12/h2,4-7H,1,3H2,(H2,10,11,12). The van der Waals surface area contributed by atoms with E-state index in [0.717, 1.165) is 12.0 Å². The van der Waals surface area contributed by atoms with Gasteiger partial charge in [0.15, 0.2) is 0 Å². The quantitative estimate of drug-likeness (QED) is 0.736. The van der Waals surface area contributed by atoms with Crippen LogP contribution in [-0.2, 0) is 16.4 Å². The van der Waals surface area contributed by atoms with Gasteiger partial charge in [0.05, 0.1) is 4.90 Å². The van der Waals surface area contributed by atoms with Gasteiger partial charge >= 0.3 is 0 Å². The van der Waals surface area contributed by atoms with Crippen molar-refractivity contribution in [3.8, 4) is 0 Å². The molecule has 0 aromatic heterocycles. The molecule has 0 saturated carbocycles. The van der Waals surface area contributed by atoms with Gasteiger partial charge in [0, 0.05) is 0 Å². The van der Waals surface area contributed by atoms with Crippen LogP contribution < -0.4 is 5.14 Å². The van der Waals surface area contributed by atoms with Crippen molar-refractivity contribution in [2.24, 2.45) is 5.14 Å². The van der Waals surface area contributed by atoms with E-state index in [1.165, 1.54) is 12.1 Å². The average molecular weight is 197 g/mol. The highest BCUT2D eigenvalue weighted by molar-refractivity contribution is 7.89. The lowest BCUT2D eigenvalue weighted by molar-refractivity contribution is 0.598. The molecule has 1 rings (SSSR count). The molecule has 0 amide bonds. The van der Waals surface area contributed by atoms with E-state index in [0.29, 0.717) is 0 Å². The number of allylic oxidation sites excluding steroid dienone is 1. The van der Waals surface area contributed by atoms with Gasteiger partial charge < -0.3 is 0 Å². The molecule has 0 unspecified atom stereocenters. The Hall–Kier alpha value is -1.13. The summed E-state index contributed by atoms with van der Waals surface area (Å²) >= 11 is 0. The summed E-state index contributed by atoms with van der Waals surface area (Å²) < 4.78 is 21.7. The molecule has 4 heteroatoms. The zero-order valence-electron chi connectivity index (χ0n) is 7.10. The van der Waals surface area contributed by atoms with E-state index < -0.39 is 10.0 Å². The van der Waals surface area contributed by atoms with E-state index in [-0.39, 0.29) is 4.90 Å². The van der Waals surface area contributed by atoms with Crippen LogP contribution in [-0.4, -0.2) is 8.42 Å². The summed E-state index contributed by atoms with van der Waals surface area (Å²) in [6, 6.07) is 6.44. The van der Waals surface area contributed by atoms with Crippen LogP contribution in [0, 0.1) is 0 Å². The Morgan fingerprint density at radius 3 is 2.23 bits per heavy atom. The Bertz CT molecular complexity index is 392. The lowest BCUT2D eigenvalue weighted by atomic mass is 10.2. The maximum absolute atomic E-state index is 10.9. The van der Waals surface area contributed by atoms with Gasteiger partial charge in [0.2, 0.25) is 10.0 Å². The second kappa shape index (κ2) is 3.72. The van der Waals surface area contributed by atoms with Crippen molar-refractivity contribution < 1.29 is 8.42 Å². The SMILES string of the molecule is C=CCc1ccc(S(N)(=O)=O)cc1. The summed E-state index contributed by atoms with van der Waals surface area (Å²) in [5, 5.41) is 4.93. The van der Waals surface area contributed by atoms with E-state index in [4.69, 9.17) is 5.14 Å². The fraction of sp³-hybridized carbons (Fsp3) is 0.111. The molecule has 1 aromatic rings. The minimum absolute atomic E-state index is 0.139. The molecule has 1 aromatic carbocycles. The van der Waals surface area contributed by atoms with Crippen molar-refractivity contribution in [1.82, 2.24) is 0 Å². The van der Waals surface area contributed by atoms with Gasteiger partial charge in [0.1, 0.15) is 0 Å². The highest BCUT2D eigenvalue weighted by Crippen LogP contribution is 2.08. The summed E-state index contributed by atoms with van der Waals surface area (Å²) in [5.41, 5.74) is 1.02. The van der Waals surface area contributed by atoms with Crippen molar-refractivity contribution >= 4 is 10.0 Å². The molecule has 0 bridgehead atoms. The van der Waals surface area contributed by atoms with Crippen molar-refractivity contribution in [2.45, 2.75) is 11.3 Å². The first-order valence-corrected chi connectivity index (χ1v) is 5.31. The molecular weight excluding hydrogens is 186 g/mol. The highest BCUT2D eigenvalue weighted by atomic mass is 32.2. The molecule has 0 atom stereocenters. The molecular formula is C9H11NO2S. The van der Waals surface area contributed by atoms with Gasteiger partial charge in [0.25, 0.3) is 0 Å². The van der Waals surface area contributed by atoms with Crippen LogP contribution in [0.15, 0.2) is 41.8 Å². The molecule has 0 aliphatic rings. The first kappa shape index (κ1) is 9.95. The first-order chi connectivity index (χ1) is 6.04. The lowest BCUT2D eigenvalue weighted by Gasteiger charge is -1.99. The molecule has 0 fully saturated rings. The largest absolute Gasteiger partial charge is 0.238 e. The zero-order chi connectivity index (χ0) is 9.90. The second-order valence-electron chi connectivity index (χ2n) is 2.68. The topological polar surface area (TPSA) is 60.2 Å². The molecule has 2 N–H and O–H groups in total. The van der Waals surface area contributed by atoms with Gasteiger partial charge in [-0.2, -0.15) is 0 Å². The number of rotatable bonds is 3. The predicted molar refractivity (Wildman–Crippen MR) is 51.7 cm³/mol. The zero-order valence-corrected chi connectivity index (χ0v) is 7.92. The Kier molecular flexibility index (Phi) is 2.85. The van der Waals surface area contributed by atoms with Crippen LogP contribution in [0.5, 0.6) is 0 Å². The number of sulfonamides is 1. The minimum atomic E-state index is -3.56. The van der Waals surface area contributed by atoms with Crippen LogP contribution >= 0.6 is 0 Å². The lowest BCUT2D eigenvalue weighted by Crippen LogP contribution is -2.11. The summed E-state index contributed by atoms with van der Waals surface area (Å²) in [5.74, 6) is 0. The van der Waals surface area contributed by atoms with Crippen molar-refractivity contribution in [3.63, 3.8) is 0 Å². The minimum Gasteiger partial charge on any atom is -0.225 e. The van der Waals surface area contributed by atoms with Crippen molar-refractivity contribution in [2.75, 3.05) is 0 Å². The smallest absolute Gasteiger partial charge is 0.225 e. The molecule has 3 nitrogen and oxygen atoms in total. The maximum Gasteiger partial charge on any atom is 0.238 e. The molecule has 70 valence electrons. The van der Waals surface area contributed by atoms with Gasteiger partial charge in [-0.3, -0.25) is 0 Å². The number of benzene rings is 1. The van der Waals surface area contributed by atoms with Crippen molar-refractivity contribution in [1.29, 1.82) is 0 Å². The van der Waals surface area contributed by atoms with E-state index in [2.05, 4.69) is 6.58 Å². The van der Waals surface area contributed by atoms with Gasteiger partial charge in [-0.05, 0) is 24.1 Å². The van der Waals surface area contributed by atoms with E-state index in [1.54, 1.807) is 18.2 Å². The van der Waals surface area contributed by atoms with Crippen LogP contribution in [0.3, 0.4) is 0 Å². The molecule has 0 heterocycles. The monoisotopic (exact) mass is 197 g/mol. The third kappa shape index (κ3) is 2.68. The Morgan fingerprint density at radius 1 is 1.31 bits per heavy atom. The summed E-state index contributed by atoms with van der Waals surface area (Å²) in [7, 11) is -3.56. The summed E-state index contributed by atoms with van der Waals surface area (Å²) in [6.45, 7) is 3.58. The maximum atomic E-state index is 10.9. The van der Waals surface area contributed by atoms with Crippen LogP contribution in [0.1, 0.15) is 5.56 Å². The second-order valence-corrected chi connectivity index (χ2v) is 4.24. The Labute approximate surface area is 77.9 Å². The average Bonchev–Trinajstić information content (AvgIpc) is 2.04. The Morgan fingerprint density at radius 2 is 1.85 bits per heavy atom. The van der Waals surface area contributed by atoms with Crippen molar-refractivity contribution in [3.05, 3.63) is 42.5 Å². The van der Waals surface area contributed by atoms with E-state index >= 15 is 0 Å². The van der Waals surface area contributed by atoms with E-state index in [9.17, 15) is 8.42 Å². The fourth-order valence-corrected chi connectivity index (χ4v) is 1.50. The molecule has 0 radical (unpaired) electrons. The molecule has 0 spiro atoms. The predicted octanol–water partition coefficient (Wildman–Crippen LogP) is 1.06. The summed E-state index contributed by atoms with van der Waals surface area (Å²) in [4.78, 5) is 0.139. The van der Waals surface area contributed by atoms with Crippen LogP contribution in [0.2, 0.25) is 0 Å². The fourth-order valence-electron chi connectivity index (χ4n) is 0.982. The number of nitrogens with two attached hydrogens (primary N) is 1. The molecule has 0 aliphatic carbocycles. The Balaban J connectivity index is 3.01. The van der Waals surface area contributed by atoms with E-state index in [1.807, 2.05) is 0 Å². The van der Waals surface area contributed by atoms with Crippen LogP contribution in [0.25, 0.3) is 0 Å². The number of hydrogen-bond acceptors (Lipinski definition) is 2.